The van der Waals surface area contributed by atoms with Crippen LogP contribution in [-0.2, 0) is 9.47 Å². The minimum atomic E-state index is -4.24. The molecule has 6 heteroatoms. The second-order valence-electron chi connectivity index (χ2n) is 3.58. The maximum Gasteiger partial charge on any atom is 0.389 e. The van der Waals surface area contributed by atoms with Gasteiger partial charge in [0.25, 0.3) is 0 Å². The van der Waals surface area contributed by atoms with E-state index in [4.69, 9.17) is 9.47 Å². The van der Waals surface area contributed by atoms with Crippen molar-refractivity contribution in [2.24, 2.45) is 0 Å². The molecule has 0 aromatic rings. The minimum Gasteiger partial charge on any atom is -0.379 e. The SMILES string of the molecule is OC(CCC(F)(F)F)OC1CCCOC1. The lowest BCUT2D eigenvalue weighted by atomic mass is 10.2. The molecule has 0 bridgehead atoms. The first kappa shape index (κ1) is 12.7. The van der Waals surface area contributed by atoms with E-state index in [9.17, 15) is 18.3 Å². The first-order chi connectivity index (χ1) is 6.97. The van der Waals surface area contributed by atoms with Crippen LogP contribution in [0.4, 0.5) is 13.2 Å². The van der Waals surface area contributed by atoms with Gasteiger partial charge < -0.3 is 14.6 Å². The molecular weight excluding hydrogens is 213 g/mol. The van der Waals surface area contributed by atoms with Gasteiger partial charge in [-0.2, -0.15) is 13.2 Å². The maximum absolute atomic E-state index is 11.8. The normalized spacial score (nSPS) is 25.2. The largest absolute Gasteiger partial charge is 0.389 e. The van der Waals surface area contributed by atoms with Crippen molar-refractivity contribution in [3.63, 3.8) is 0 Å². The van der Waals surface area contributed by atoms with Gasteiger partial charge in [-0.05, 0) is 12.8 Å². The fourth-order valence-corrected chi connectivity index (χ4v) is 1.40. The maximum atomic E-state index is 11.8. The van der Waals surface area contributed by atoms with Crippen LogP contribution in [0.25, 0.3) is 0 Å². The van der Waals surface area contributed by atoms with Crippen molar-refractivity contribution >= 4 is 0 Å². The number of halogens is 3. The Kier molecular flexibility index (Phi) is 4.82. The number of rotatable bonds is 4. The molecule has 0 radical (unpaired) electrons. The van der Waals surface area contributed by atoms with Crippen molar-refractivity contribution < 1.29 is 27.8 Å². The summed E-state index contributed by atoms with van der Waals surface area (Å²) in [6.45, 7) is 1.00. The van der Waals surface area contributed by atoms with Crippen LogP contribution in [0.15, 0.2) is 0 Å². The number of alkyl halides is 3. The Bertz CT molecular complexity index is 178. The molecule has 0 aromatic heterocycles. The van der Waals surface area contributed by atoms with Crippen LogP contribution in [0.5, 0.6) is 0 Å². The Morgan fingerprint density at radius 2 is 2.20 bits per heavy atom. The van der Waals surface area contributed by atoms with Gasteiger partial charge in [0.1, 0.15) is 0 Å². The van der Waals surface area contributed by atoms with E-state index in [-0.39, 0.29) is 6.10 Å². The second-order valence-corrected chi connectivity index (χ2v) is 3.58. The highest BCUT2D eigenvalue weighted by Gasteiger charge is 2.29. The number of hydrogen-bond donors (Lipinski definition) is 1. The van der Waals surface area contributed by atoms with Crippen molar-refractivity contribution in [3.8, 4) is 0 Å². The summed E-state index contributed by atoms with van der Waals surface area (Å²) in [6, 6.07) is 0. The Hall–Kier alpha value is -0.330. The fraction of sp³-hybridized carbons (Fsp3) is 1.00. The average Bonchev–Trinajstić information content (AvgIpc) is 2.15. The summed E-state index contributed by atoms with van der Waals surface area (Å²) in [4.78, 5) is 0. The van der Waals surface area contributed by atoms with Crippen LogP contribution >= 0.6 is 0 Å². The molecule has 0 aromatic carbocycles. The minimum absolute atomic E-state index is 0.276. The lowest BCUT2D eigenvalue weighted by Crippen LogP contribution is -2.30. The summed E-state index contributed by atoms with van der Waals surface area (Å²) >= 11 is 0. The molecule has 1 aliphatic heterocycles. The van der Waals surface area contributed by atoms with Gasteiger partial charge in [0, 0.05) is 19.4 Å². The molecule has 0 spiro atoms. The van der Waals surface area contributed by atoms with Crippen molar-refractivity contribution in [2.45, 2.75) is 44.3 Å². The van der Waals surface area contributed by atoms with E-state index in [1.165, 1.54) is 0 Å². The second kappa shape index (κ2) is 5.67. The van der Waals surface area contributed by atoms with Gasteiger partial charge in [0.2, 0.25) is 0 Å². The third-order valence-electron chi connectivity index (χ3n) is 2.14. The zero-order valence-electron chi connectivity index (χ0n) is 8.29. The Morgan fingerprint density at radius 1 is 1.47 bits per heavy atom. The van der Waals surface area contributed by atoms with Gasteiger partial charge in [-0.25, -0.2) is 0 Å². The highest BCUT2D eigenvalue weighted by molar-refractivity contribution is 4.63. The highest BCUT2D eigenvalue weighted by atomic mass is 19.4. The number of aliphatic hydroxyl groups excluding tert-OH is 1. The molecule has 1 aliphatic rings. The van der Waals surface area contributed by atoms with Gasteiger partial charge in [0.15, 0.2) is 6.29 Å². The predicted octanol–water partition coefficient (Wildman–Crippen LogP) is 1.84. The summed E-state index contributed by atoms with van der Waals surface area (Å²) < 4.78 is 45.5. The van der Waals surface area contributed by atoms with E-state index >= 15 is 0 Å². The molecule has 90 valence electrons. The van der Waals surface area contributed by atoms with Crippen LogP contribution in [0, 0.1) is 0 Å². The number of hydrogen-bond acceptors (Lipinski definition) is 3. The van der Waals surface area contributed by atoms with E-state index in [1.807, 2.05) is 0 Å². The first-order valence-electron chi connectivity index (χ1n) is 4.95. The molecule has 2 atom stereocenters. The summed E-state index contributed by atoms with van der Waals surface area (Å²) in [6.07, 6.45) is -5.77. The van der Waals surface area contributed by atoms with Crippen molar-refractivity contribution in [2.75, 3.05) is 13.2 Å². The van der Waals surface area contributed by atoms with Crippen LogP contribution in [-0.4, -0.2) is 36.9 Å². The number of ether oxygens (including phenoxy) is 2. The fourth-order valence-electron chi connectivity index (χ4n) is 1.40. The molecule has 1 rings (SSSR count). The summed E-state index contributed by atoms with van der Waals surface area (Å²) in [5.74, 6) is 0. The molecule has 0 amide bonds. The van der Waals surface area contributed by atoms with Crippen LogP contribution < -0.4 is 0 Å². The molecule has 1 saturated heterocycles. The molecule has 1 N–H and O–H groups in total. The van der Waals surface area contributed by atoms with E-state index < -0.39 is 25.3 Å². The lowest BCUT2D eigenvalue weighted by molar-refractivity contribution is -0.190. The molecule has 15 heavy (non-hydrogen) atoms. The van der Waals surface area contributed by atoms with Gasteiger partial charge in [-0.15, -0.1) is 0 Å². The van der Waals surface area contributed by atoms with Crippen molar-refractivity contribution in [3.05, 3.63) is 0 Å². The first-order valence-corrected chi connectivity index (χ1v) is 4.95. The monoisotopic (exact) mass is 228 g/mol. The average molecular weight is 228 g/mol. The smallest absolute Gasteiger partial charge is 0.379 e. The molecular formula is C9H15F3O3. The molecule has 0 saturated carbocycles. The van der Waals surface area contributed by atoms with Gasteiger partial charge in [-0.3, -0.25) is 0 Å². The van der Waals surface area contributed by atoms with Crippen LogP contribution in [0.3, 0.4) is 0 Å². The van der Waals surface area contributed by atoms with E-state index in [2.05, 4.69) is 0 Å². The molecule has 1 fully saturated rings. The van der Waals surface area contributed by atoms with E-state index in [1.54, 1.807) is 0 Å². The van der Waals surface area contributed by atoms with Gasteiger partial charge in [0.05, 0.1) is 12.7 Å². The van der Waals surface area contributed by atoms with Gasteiger partial charge in [-0.1, -0.05) is 0 Å². The molecule has 2 unspecified atom stereocenters. The van der Waals surface area contributed by atoms with Crippen molar-refractivity contribution in [1.82, 2.24) is 0 Å². The number of aliphatic hydroxyl groups is 1. The summed E-state index contributed by atoms with van der Waals surface area (Å²) in [5.41, 5.74) is 0. The zero-order chi connectivity index (χ0) is 11.3. The predicted molar refractivity (Wildman–Crippen MR) is 46.2 cm³/mol. The highest BCUT2D eigenvalue weighted by Crippen LogP contribution is 2.23. The van der Waals surface area contributed by atoms with Gasteiger partial charge >= 0.3 is 6.18 Å². The summed E-state index contributed by atoms with van der Waals surface area (Å²) in [5, 5.41) is 9.19. The Balaban J connectivity index is 2.14. The quantitative estimate of drug-likeness (QED) is 0.746. The van der Waals surface area contributed by atoms with E-state index in [0.29, 0.717) is 13.2 Å². The lowest BCUT2D eigenvalue weighted by Gasteiger charge is -2.25. The standard InChI is InChI=1S/C9H15F3O3/c10-9(11,12)4-3-8(13)15-7-2-1-5-14-6-7/h7-8,13H,1-6H2. The molecule has 0 aliphatic carbocycles. The third-order valence-corrected chi connectivity index (χ3v) is 2.14. The molecule has 1 heterocycles. The topological polar surface area (TPSA) is 38.7 Å². The zero-order valence-corrected chi connectivity index (χ0v) is 8.29. The third kappa shape index (κ3) is 5.96. The Labute approximate surface area is 86.2 Å². The van der Waals surface area contributed by atoms with Crippen LogP contribution in [0.2, 0.25) is 0 Å². The van der Waals surface area contributed by atoms with E-state index in [0.717, 1.165) is 12.8 Å². The van der Waals surface area contributed by atoms with Crippen LogP contribution in [0.1, 0.15) is 25.7 Å². The summed E-state index contributed by atoms with van der Waals surface area (Å²) in [7, 11) is 0. The molecule has 3 nitrogen and oxygen atoms in total. The van der Waals surface area contributed by atoms with Crippen molar-refractivity contribution in [1.29, 1.82) is 0 Å². The Morgan fingerprint density at radius 3 is 2.73 bits per heavy atom.